The Hall–Kier alpha value is -0.300. The van der Waals surface area contributed by atoms with Crippen molar-refractivity contribution in [3.63, 3.8) is 0 Å². The van der Waals surface area contributed by atoms with Gasteiger partial charge in [-0.05, 0) is 29.9 Å². The van der Waals surface area contributed by atoms with Crippen molar-refractivity contribution in [3.8, 4) is 0 Å². The van der Waals surface area contributed by atoms with Crippen LogP contribution in [0.15, 0.2) is 24.3 Å². The largest absolute Gasteiger partial charge is 0.0876 e. The van der Waals surface area contributed by atoms with Crippen LogP contribution in [-0.4, -0.2) is 0 Å². The van der Waals surface area contributed by atoms with E-state index in [4.69, 9.17) is 0 Å². The monoisotopic (exact) mass is 282 g/mol. The maximum atomic E-state index is 3.49. The molecule has 0 saturated carbocycles. The average Bonchev–Trinajstić information content (AvgIpc) is 2.35. The van der Waals surface area contributed by atoms with Gasteiger partial charge in [-0.15, -0.1) is 0 Å². The lowest BCUT2D eigenvalue weighted by molar-refractivity contribution is 0.541. The van der Waals surface area contributed by atoms with Crippen LogP contribution < -0.4 is 0 Å². The van der Waals surface area contributed by atoms with Gasteiger partial charge in [0, 0.05) is 5.33 Å². The van der Waals surface area contributed by atoms with Crippen molar-refractivity contribution in [3.05, 3.63) is 35.4 Å². The fraction of sp³-hybridized carbons (Fsp3) is 0.600. The van der Waals surface area contributed by atoms with Gasteiger partial charge in [-0.1, -0.05) is 73.3 Å². The first-order valence-electron chi connectivity index (χ1n) is 6.46. The molecular formula is C15H23Br. The lowest BCUT2D eigenvalue weighted by atomic mass is 9.89. The third-order valence-corrected chi connectivity index (χ3v) is 3.80. The van der Waals surface area contributed by atoms with Gasteiger partial charge in [0.25, 0.3) is 0 Å². The second-order valence-electron chi connectivity index (χ2n) is 4.50. The van der Waals surface area contributed by atoms with Crippen molar-refractivity contribution >= 4 is 15.9 Å². The fourth-order valence-electron chi connectivity index (χ4n) is 2.16. The van der Waals surface area contributed by atoms with Crippen LogP contribution in [0.1, 0.15) is 63.0 Å². The Labute approximate surface area is 109 Å². The molecule has 0 aliphatic heterocycles. The minimum atomic E-state index is 0.773. The second-order valence-corrected chi connectivity index (χ2v) is 5.06. The summed E-state index contributed by atoms with van der Waals surface area (Å²) in [6.07, 6.45) is 6.62. The molecule has 0 nitrogen and oxygen atoms in total. The molecule has 1 rings (SSSR count). The van der Waals surface area contributed by atoms with Gasteiger partial charge >= 0.3 is 0 Å². The molecular weight excluding hydrogens is 260 g/mol. The van der Waals surface area contributed by atoms with E-state index in [2.05, 4.69) is 54.0 Å². The Morgan fingerprint density at radius 3 is 2.19 bits per heavy atom. The number of unbranched alkanes of at least 4 members (excludes halogenated alkanes) is 1. The first kappa shape index (κ1) is 13.8. The average molecular weight is 283 g/mol. The van der Waals surface area contributed by atoms with Gasteiger partial charge in [-0.3, -0.25) is 0 Å². The van der Waals surface area contributed by atoms with E-state index in [1.165, 1.54) is 43.2 Å². The molecule has 0 bridgehead atoms. The molecule has 90 valence electrons. The highest BCUT2D eigenvalue weighted by atomic mass is 79.9. The van der Waals surface area contributed by atoms with E-state index in [1.54, 1.807) is 0 Å². The van der Waals surface area contributed by atoms with Crippen LogP contribution in [-0.2, 0) is 5.33 Å². The highest BCUT2D eigenvalue weighted by Gasteiger charge is 2.09. The molecule has 16 heavy (non-hydrogen) atoms. The normalized spacial score (nSPS) is 12.7. The zero-order valence-electron chi connectivity index (χ0n) is 10.5. The Bertz CT molecular complexity index is 276. The van der Waals surface area contributed by atoms with Crippen molar-refractivity contribution in [1.29, 1.82) is 0 Å². The lowest BCUT2D eigenvalue weighted by Crippen LogP contribution is -1.98. The molecule has 0 fully saturated rings. The number of hydrogen-bond donors (Lipinski definition) is 0. The first-order valence-corrected chi connectivity index (χ1v) is 7.58. The highest BCUT2D eigenvalue weighted by Crippen LogP contribution is 2.27. The number of benzene rings is 1. The minimum Gasteiger partial charge on any atom is -0.0876 e. The molecule has 0 aliphatic carbocycles. The standard InChI is InChI=1S/C15H23Br/c1-3-5-7-14(6-4-2)15-10-8-13(12-16)9-11-15/h8-11,14H,3-7,12H2,1-2H3. The summed E-state index contributed by atoms with van der Waals surface area (Å²) in [7, 11) is 0. The summed E-state index contributed by atoms with van der Waals surface area (Å²) in [5.74, 6) is 0.773. The van der Waals surface area contributed by atoms with Gasteiger partial charge < -0.3 is 0 Å². The van der Waals surface area contributed by atoms with Crippen LogP contribution in [0.2, 0.25) is 0 Å². The molecule has 1 heteroatoms. The summed E-state index contributed by atoms with van der Waals surface area (Å²) in [4.78, 5) is 0. The summed E-state index contributed by atoms with van der Waals surface area (Å²) < 4.78 is 0. The Morgan fingerprint density at radius 2 is 1.69 bits per heavy atom. The number of alkyl halides is 1. The molecule has 1 aromatic rings. The van der Waals surface area contributed by atoms with Gasteiger partial charge in [-0.25, -0.2) is 0 Å². The van der Waals surface area contributed by atoms with Gasteiger partial charge in [0.2, 0.25) is 0 Å². The molecule has 0 aromatic heterocycles. The second kappa shape index (κ2) is 7.89. The maximum Gasteiger partial charge on any atom is 0.0283 e. The molecule has 0 saturated heterocycles. The highest BCUT2D eigenvalue weighted by molar-refractivity contribution is 9.08. The van der Waals surface area contributed by atoms with E-state index >= 15 is 0 Å². The quantitative estimate of drug-likeness (QED) is 0.567. The number of hydrogen-bond acceptors (Lipinski definition) is 0. The van der Waals surface area contributed by atoms with Crippen molar-refractivity contribution in [1.82, 2.24) is 0 Å². The molecule has 0 radical (unpaired) electrons. The zero-order chi connectivity index (χ0) is 11.8. The number of halogens is 1. The smallest absolute Gasteiger partial charge is 0.0283 e. The van der Waals surface area contributed by atoms with Crippen LogP contribution in [0.5, 0.6) is 0 Å². The van der Waals surface area contributed by atoms with Crippen LogP contribution >= 0.6 is 15.9 Å². The molecule has 0 N–H and O–H groups in total. The van der Waals surface area contributed by atoms with Crippen molar-refractivity contribution in [2.45, 2.75) is 57.2 Å². The molecule has 0 aliphatic rings. The Balaban J connectivity index is 2.67. The topological polar surface area (TPSA) is 0 Å². The van der Waals surface area contributed by atoms with Crippen LogP contribution in [0.4, 0.5) is 0 Å². The van der Waals surface area contributed by atoms with E-state index in [0.29, 0.717) is 0 Å². The number of rotatable bonds is 7. The van der Waals surface area contributed by atoms with Crippen molar-refractivity contribution in [2.75, 3.05) is 0 Å². The molecule has 1 unspecified atom stereocenters. The van der Waals surface area contributed by atoms with Crippen LogP contribution in [0, 0.1) is 0 Å². The van der Waals surface area contributed by atoms with Gasteiger partial charge in [-0.2, -0.15) is 0 Å². The van der Waals surface area contributed by atoms with Crippen molar-refractivity contribution in [2.24, 2.45) is 0 Å². The van der Waals surface area contributed by atoms with E-state index in [-0.39, 0.29) is 0 Å². The van der Waals surface area contributed by atoms with Crippen LogP contribution in [0.3, 0.4) is 0 Å². The van der Waals surface area contributed by atoms with Crippen LogP contribution in [0.25, 0.3) is 0 Å². The predicted octanol–water partition coefficient (Wildman–Crippen LogP) is 5.66. The third kappa shape index (κ3) is 4.29. The first-order chi connectivity index (χ1) is 7.81. The maximum absolute atomic E-state index is 3.49. The van der Waals surface area contributed by atoms with Gasteiger partial charge in [0.15, 0.2) is 0 Å². The molecule has 0 heterocycles. The Kier molecular flexibility index (Phi) is 6.79. The molecule has 0 spiro atoms. The molecule has 0 amide bonds. The van der Waals surface area contributed by atoms with Crippen molar-refractivity contribution < 1.29 is 0 Å². The summed E-state index contributed by atoms with van der Waals surface area (Å²) in [5, 5.41) is 0.959. The Morgan fingerprint density at radius 1 is 1.00 bits per heavy atom. The molecule has 1 atom stereocenters. The fourth-order valence-corrected chi connectivity index (χ4v) is 2.53. The predicted molar refractivity (Wildman–Crippen MR) is 76.2 cm³/mol. The van der Waals surface area contributed by atoms with E-state index in [1.807, 2.05) is 0 Å². The van der Waals surface area contributed by atoms with Gasteiger partial charge in [0.1, 0.15) is 0 Å². The third-order valence-electron chi connectivity index (χ3n) is 3.15. The van der Waals surface area contributed by atoms with E-state index in [0.717, 1.165) is 11.2 Å². The summed E-state index contributed by atoms with van der Waals surface area (Å²) in [6.45, 7) is 4.56. The van der Waals surface area contributed by atoms with E-state index in [9.17, 15) is 0 Å². The SMILES string of the molecule is CCCCC(CCC)c1ccc(CBr)cc1. The van der Waals surface area contributed by atoms with Gasteiger partial charge in [0.05, 0.1) is 0 Å². The lowest BCUT2D eigenvalue weighted by Gasteiger charge is -2.16. The summed E-state index contributed by atoms with van der Waals surface area (Å²) in [6, 6.07) is 9.12. The summed E-state index contributed by atoms with van der Waals surface area (Å²) in [5.41, 5.74) is 2.90. The molecule has 1 aromatic carbocycles. The van der Waals surface area contributed by atoms with E-state index < -0.39 is 0 Å². The summed E-state index contributed by atoms with van der Waals surface area (Å²) >= 11 is 3.49. The minimum absolute atomic E-state index is 0.773. The zero-order valence-corrected chi connectivity index (χ0v) is 12.1.